The third-order valence-electron chi connectivity index (χ3n) is 4.21. The van der Waals surface area contributed by atoms with Crippen LogP contribution in [0.4, 0.5) is 13.2 Å². The SMILES string of the molecule is C#CCC1(CC)CC(Cc2ccc(OC(F)(F)F)nc2)C1.[HH]. The summed E-state index contributed by atoms with van der Waals surface area (Å²) in [7, 11) is 0. The highest BCUT2D eigenvalue weighted by Crippen LogP contribution is 2.51. The van der Waals surface area contributed by atoms with Gasteiger partial charge in [-0.15, -0.1) is 25.5 Å². The lowest BCUT2D eigenvalue weighted by molar-refractivity contribution is -0.276. The molecule has 1 aromatic heterocycles. The van der Waals surface area contributed by atoms with Gasteiger partial charge in [0.1, 0.15) is 0 Å². The second-order valence-corrected chi connectivity index (χ2v) is 5.77. The maximum atomic E-state index is 12.0. The molecule has 0 aliphatic heterocycles. The summed E-state index contributed by atoms with van der Waals surface area (Å²) in [5, 5.41) is 0. The second-order valence-electron chi connectivity index (χ2n) is 5.77. The van der Waals surface area contributed by atoms with Gasteiger partial charge in [-0.3, -0.25) is 0 Å². The largest absolute Gasteiger partial charge is 0.574 e. The first-order chi connectivity index (χ1) is 9.86. The van der Waals surface area contributed by atoms with Crippen molar-refractivity contribution < 1.29 is 19.3 Å². The monoisotopic (exact) mass is 299 g/mol. The molecular weight excluding hydrogens is 279 g/mol. The molecule has 0 radical (unpaired) electrons. The van der Waals surface area contributed by atoms with E-state index < -0.39 is 12.2 Å². The number of nitrogens with zero attached hydrogens (tertiary/aromatic N) is 1. The second kappa shape index (κ2) is 5.97. The number of hydrogen-bond acceptors (Lipinski definition) is 2. The normalized spacial score (nSPS) is 25.0. The molecule has 0 atom stereocenters. The number of halogens is 3. The molecule has 0 unspecified atom stereocenters. The van der Waals surface area contributed by atoms with Crippen LogP contribution in [0.1, 0.15) is 39.6 Å². The molecule has 1 heterocycles. The Morgan fingerprint density at radius 1 is 1.48 bits per heavy atom. The van der Waals surface area contributed by atoms with Gasteiger partial charge in [-0.05, 0) is 42.6 Å². The van der Waals surface area contributed by atoms with Crippen LogP contribution in [0.15, 0.2) is 18.3 Å². The van der Waals surface area contributed by atoms with E-state index in [1.807, 2.05) is 0 Å². The van der Waals surface area contributed by atoms with Gasteiger partial charge in [0, 0.05) is 20.1 Å². The van der Waals surface area contributed by atoms with Gasteiger partial charge in [-0.2, -0.15) is 0 Å². The van der Waals surface area contributed by atoms with Crippen molar-refractivity contribution >= 4 is 0 Å². The number of pyridine rings is 1. The fraction of sp³-hybridized carbons (Fsp3) is 0.562. The Kier molecular flexibility index (Phi) is 4.46. The summed E-state index contributed by atoms with van der Waals surface area (Å²) in [4.78, 5) is 3.69. The standard InChI is InChI=1S/C16H18F3NO.H2/c1-3-7-15(4-2)9-13(10-15)8-12-5-6-14(20-11-12)21-16(17,18)19;/h1,5-6,11,13H,4,7-10H2,2H3;1H. The maximum Gasteiger partial charge on any atom is 0.574 e. The molecule has 2 nitrogen and oxygen atoms in total. The average molecular weight is 299 g/mol. The first kappa shape index (κ1) is 15.7. The van der Waals surface area contributed by atoms with Gasteiger partial charge in [0.25, 0.3) is 0 Å². The van der Waals surface area contributed by atoms with Gasteiger partial charge in [0.2, 0.25) is 5.88 Å². The Morgan fingerprint density at radius 2 is 2.19 bits per heavy atom. The van der Waals surface area contributed by atoms with Crippen molar-refractivity contribution in [1.82, 2.24) is 4.98 Å². The van der Waals surface area contributed by atoms with Crippen molar-refractivity contribution in [3.05, 3.63) is 23.9 Å². The summed E-state index contributed by atoms with van der Waals surface area (Å²) in [6.07, 6.45) is 7.01. The van der Waals surface area contributed by atoms with E-state index in [1.54, 1.807) is 6.07 Å². The number of terminal acetylenes is 1. The van der Waals surface area contributed by atoms with E-state index in [0.29, 0.717) is 5.92 Å². The number of ether oxygens (including phenoxy) is 1. The topological polar surface area (TPSA) is 22.1 Å². The molecule has 21 heavy (non-hydrogen) atoms. The molecule has 1 aromatic rings. The molecule has 0 bridgehead atoms. The van der Waals surface area contributed by atoms with E-state index in [0.717, 1.165) is 37.7 Å². The van der Waals surface area contributed by atoms with E-state index in [2.05, 4.69) is 22.6 Å². The molecule has 0 saturated heterocycles. The Morgan fingerprint density at radius 3 is 2.67 bits per heavy atom. The zero-order valence-corrected chi connectivity index (χ0v) is 11.9. The highest BCUT2D eigenvalue weighted by atomic mass is 19.4. The number of rotatable bonds is 5. The van der Waals surface area contributed by atoms with E-state index in [1.165, 1.54) is 12.3 Å². The van der Waals surface area contributed by atoms with Crippen molar-refractivity contribution in [3.63, 3.8) is 0 Å². The lowest BCUT2D eigenvalue weighted by Gasteiger charge is -2.47. The summed E-state index contributed by atoms with van der Waals surface area (Å²) in [5.41, 5.74) is 1.20. The zero-order chi connectivity index (χ0) is 15.5. The van der Waals surface area contributed by atoms with Crippen molar-refractivity contribution in [2.75, 3.05) is 0 Å². The Balaban J connectivity index is 0.00000242. The Bertz CT molecular complexity index is 516. The first-order valence-corrected chi connectivity index (χ1v) is 7.00. The van der Waals surface area contributed by atoms with Gasteiger partial charge in [0.15, 0.2) is 0 Å². The molecule has 0 amide bonds. The van der Waals surface area contributed by atoms with Crippen LogP contribution >= 0.6 is 0 Å². The average Bonchev–Trinajstić information content (AvgIpc) is 2.36. The van der Waals surface area contributed by atoms with Crippen LogP contribution in [-0.2, 0) is 6.42 Å². The van der Waals surface area contributed by atoms with Crippen LogP contribution in [0.3, 0.4) is 0 Å². The number of alkyl halides is 3. The van der Waals surface area contributed by atoms with Crippen LogP contribution in [0.25, 0.3) is 0 Å². The molecule has 116 valence electrons. The van der Waals surface area contributed by atoms with Crippen LogP contribution in [-0.4, -0.2) is 11.3 Å². The van der Waals surface area contributed by atoms with Crippen LogP contribution in [0.2, 0.25) is 0 Å². The lowest BCUT2D eigenvalue weighted by Crippen LogP contribution is -2.37. The maximum absolute atomic E-state index is 12.0. The third-order valence-corrected chi connectivity index (χ3v) is 4.21. The van der Waals surface area contributed by atoms with Crippen LogP contribution < -0.4 is 4.74 Å². The van der Waals surface area contributed by atoms with Gasteiger partial charge in [-0.25, -0.2) is 4.98 Å². The van der Waals surface area contributed by atoms with Gasteiger partial charge in [-0.1, -0.05) is 13.0 Å². The molecule has 0 spiro atoms. The van der Waals surface area contributed by atoms with Crippen molar-refractivity contribution in [2.45, 2.75) is 45.4 Å². The fourth-order valence-corrected chi connectivity index (χ4v) is 3.13. The predicted octanol–water partition coefficient (Wildman–Crippen LogP) is 4.60. The highest BCUT2D eigenvalue weighted by molar-refractivity contribution is 5.19. The quantitative estimate of drug-likeness (QED) is 0.741. The minimum atomic E-state index is -4.70. The van der Waals surface area contributed by atoms with Crippen molar-refractivity contribution in [3.8, 4) is 18.2 Å². The summed E-state index contributed by atoms with van der Waals surface area (Å²) in [6, 6.07) is 2.90. The Labute approximate surface area is 124 Å². The molecule has 0 N–H and O–H groups in total. The van der Waals surface area contributed by atoms with E-state index in [9.17, 15) is 13.2 Å². The van der Waals surface area contributed by atoms with Crippen molar-refractivity contribution in [1.29, 1.82) is 0 Å². The Hall–Kier alpha value is -1.70. The van der Waals surface area contributed by atoms with E-state index >= 15 is 0 Å². The smallest absolute Gasteiger partial charge is 0.388 e. The molecule has 5 heteroatoms. The summed E-state index contributed by atoms with van der Waals surface area (Å²) in [6.45, 7) is 2.15. The summed E-state index contributed by atoms with van der Waals surface area (Å²) >= 11 is 0. The summed E-state index contributed by atoms with van der Waals surface area (Å²) in [5.74, 6) is 2.85. The number of aromatic nitrogens is 1. The fourth-order valence-electron chi connectivity index (χ4n) is 3.13. The van der Waals surface area contributed by atoms with Gasteiger partial charge in [0.05, 0.1) is 0 Å². The van der Waals surface area contributed by atoms with Gasteiger partial charge < -0.3 is 4.74 Å². The third kappa shape index (κ3) is 4.13. The molecule has 1 saturated carbocycles. The molecule has 1 fully saturated rings. The van der Waals surface area contributed by atoms with Gasteiger partial charge >= 0.3 is 6.36 Å². The summed E-state index contributed by atoms with van der Waals surface area (Å²) < 4.78 is 39.9. The molecule has 2 rings (SSSR count). The number of hydrogen-bond donors (Lipinski definition) is 0. The van der Waals surface area contributed by atoms with Crippen molar-refractivity contribution in [2.24, 2.45) is 11.3 Å². The van der Waals surface area contributed by atoms with E-state index in [-0.39, 0.29) is 6.84 Å². The van der Waals surface area contributed by atoms with Crippen LogP contribution in [0, 0.1) is 23.7 Å². The highest BCUT2D eigenvalue weighted by Gasteiger charge is 2.41. The minimum absolute atomic E-state index is 0. The van der Waals surface area contributed by atoms with E-state index in [4.69, 9.17) is 6.42 Å². The lowest BCUT2D eigenvalue weighted by atomic mass is 9.58. The molecule has 0 aromatic carbocycles. The van der Waals surface area contributed by atoms with Crippen LogP contribution in [0.5, 0.6) is 5.88 Å². The molecule has 1 aliphatic rings. The molecular formula is C16H20F3NO. The molecule has 1 aliphatic carbocycles. The predicted molar refractivity (Wildman–Crippen MR) is 75.6 cm³/mol. The first-order valence-electron chi connectivity index (χ1n) is 7.00. The zero-order valence-electron chi connectivity index (χ0n) is 11.9. The minimum Gasteiger partial charge on any atom is -0.388 e.